The summed E-state index contributed by atoms with van der Waals surface area (Å²) >= 11 is 0. The van der Waals surface area contributed by atoms with Gasteiger partial charge in [0.2, 0.25) is 0 Å². The average Bonchev–Trinajstić information content (AvgIpc) is 2.87. The smallest absolute Gasteiger partial charge is 0.0684 e. The predicted molar refractivity (Wildman–Crippen MR) is 142 cm³/mol. The van der Waals surface area contributed by atoms with Gasteiger partial charge in [0, 0.05) is 29.9 Å². The average molecular weight is 435 g/mol. The molecule has 0 radical (unpaired) electrons. The van der Waals surface area contributed by atoms with Gasteiger partial charge < -0.3 is 10.6 Å². The van der Waals surface area contributed by atoms with Gasteiger partial charge in [-0.15, -0.1) is 0 Å². The lowest BCUT2D eigenvalue weighted by Crippen LogP contribution is -2.25. The molecule has 0 aromatic heterocycles. The monoisotopic (exact) mass is 434 g/mol. The standard InChI is InChI=1S/C31H34N2/c1-24(2)26-16-11-18-27-15-9-10-21-29(27)31(30(32)22-12-17-26)33(28-19-7-4-8-20-28)23-25-13-5-3-6-14-25/h3-17,19-21,24,26H,18,22-23,32H2,1-2H3/b16-11-,17-12-,31-30-. The summed E-state index contributed by atoms with van der Waals surface area (Å²) in [6.07, 6.45) is 10.8. The molecular formula is C31H34N2. The number of hydrogen-bond acceptors (Lipinski definition) is 2. The lowest BCUT2D eigenvalue weighted by molar-refractivity contribution is 0.548. The molecule has 1 atom stereocenters. The van der Waals surface area contributed by atoms with Crippen molar-refractivity contribution < 1.29 is 0 Å². The van der Waals surface area contributed by atoms with Crippen LogP contribution in [0.3, 0.4) is 0 Å². The van der Waals surface area contributed by atoms with E-state index in [-0.39, 0.29) is 0 Å². The number of benzene rings is 3. The molecular weight excluding hydrogens is 400 g/mol. The Bertz CT molecular complexity index is 1120. The molecule has 0 fully saturated rings. The topological polar surface area (TPSA) is 29.3 Å². The highest BCUT2D eigenvalue weighted by Gasteiger charge is 2.20. The van der Waals surface area contributed by atoms with Crippen molar-refractivity contribution in [1.29, 1.82) is 0 Å². The van der Waals surface area contributed by atoms with Gasteiger partial charge in [0.05, 0.1) is 5.70 Å². The maximum absolute atomic E-state index is 6.91. The predicted octanol–water partition coefficient (Wildman–Crippen LogP) is 7.35. The Morgan fingerprint density at radius 2 is 1.39 bits per heavy atom. The summed E-state index contributed by atoms with van der Waals surface area (Å²) in [5.41, 5.74) is 13.8. The summed E-state index contributed by atoms with van der Waals surface area (Å²) < 4.78 is 0. The number of hydrogen-bond donors (Lipinski definition) is 1. The number of nitrogens with two attached hydrogens (primary N) is 1. The maximum atomic E-state index is 6.91. The molecule has 0 bridgehead atoms. The van der Waals surface area contributed by atoms with Crippen molar-refractivity contribution in [3.8, 4) is 0 Å². The zero-order valence-corrected chi connectivity index (χ0v) is 19.7. The van der Waals surface area contributed by atoms with Crippen LogP contribution in [0.2, 0.25) is 0 Å². The van der Waals surface area contributed by atoms with E-state index >= 15 is 0 Å². The molecule has 3 aromatic carbocycles. The quantitative estimate of drug-likeness (QED) is 0.425. The fourth-order valence-corrected chi connectivity index (χ4v) is 4.40. The SMILES string of the molecule is CC(C)C1/C=C\C/C(N)=C(/N(Cc2ccccc2)c2ccccc2)c2ccccc2C/C=C\1. The molecule has 0 aliphatic heterocycles. The molecule has 4 rings (SSSR count). The number of allylic oxidation sites excluding steroid dienone is 4. The van der Waals surface area contributed by atoms with E-state index in [1.54, 1.807) is 0 Å². The normalized spacial score (nSPS) is 20.5. The van der Waals surface area contributed by atoms with E-state index in [9.17, 15) is 0 Å². The van der Waals surface area contributed by atoms with Crippen molar-refractivity contribution in [3.63, 3.8) is 0 Å². The van der Waals surface area contributed by atoms with Crippen LogP contribution in [-0.2, 0) is 13.0 Å². The van der Waals surface area contributed by atoms with Gasteiger partial charge in [-0.05, 0) is 41.5 Å². The maximum Gasteiger partial charge on any atom is 0.0684 e. The Labute approximate surface area is 198 Å². The van der Waals surface area contributed by atoms with E-state index in [1.165, 1.54) is 16.7 Å². The van der Waals surface area contributed by atoms with Crippen LogP contribution in [0.15, 0.2) is 115 Å². The van der Waals surface area contributed by atoms with Crippen LogP contribution >= 0.6 is 0 Å². The Morgan fingerprint density at radius 3 is 2.09 bits per heavy atom. The van der Waals surface area contributed by atoms with E-state index in [4.69, 9.17) is 5.73 Å². The molecule has 0 amide bonds. The first-order chi connectivity index (χ1) is 16.1. The van der Waals surface area contributed by atoms with Crippen molar-refractivity contribution in [2.75, 3.05) is 4.90 Å². The second-order valence-electron chi connectivity index (χ2n) is 9.02. The number of anilines is 1. The van der Waals surface area contributed by atoms with Gasteiger partial charge >= 0.3 is 0 Å². The Kier molecular flexibility index (Phi) is 7.47. The zero-order valence-electron chi connectivity index (χ0n) is 19.7. The molecule has 1 aliphatic carbocycles. The first-order valence-corrected chi connectivity index (χ1v) is 11.9. The number of nitrogens with zero attached hydrogens (tertiary/aromatic N) is 1. The summed E-state index contributed by atoms with van der Waals surface area (Å²) in [5.74, 6) is 0.970. The summed E-state index contributed by atoms with van der Waals surface area (Å²) in [5, 5.41) is 0. The summed E-state index contributed by atoms with van der Waals surface area (Å²) in [7, 11) is 0. The first-order valence-electron chi connectivity index (χ1n) is 11.9. The second-order valence-corrected chi connectivity index (χ2v) is 9.02. The van der Waals surface area contributed by atoms with Crippen molar-refractivity contribution in [3.05, 3.63) is 132 Å². The van der Waals surface area contributed by atoms with E-state index in [1.807, 2.05) is 0 Å². The van der Waals surface area contributed by atoms with E-state index in [0.717, 1.165) is 36.5 Å². The Morgan fingerprint density at radius 1 is 0.788 bits per heavy atom. The van der Waals surface area contributed by atoms with Crippen LogP contribution in [0.25, 0.3) is 5.70 Å². The van der Waals surface area contributed by atoms with Gasteiger partial charge in [-0.2, -0.15) is 0 Å². The first kappa shape index (κ1) is 22.7. The van der Waals surface area contributed by atoms with Crippen LogP contribution in [0.1, 0.15) is 37.0 Å². The minimum absolute atomic E-state index is 0.418. The fourth-order valence-electron chi connectivity index (χ4n) is 4.40. The minimum atomic E-state index is 0.418. The molecule has 1 unspecified atom stereocenters. The van der Waals surface area contributed by atoms with Crippen molar-refractivity contribution in [2.45, 2.75) is 33.2 Å². The van der Waals surface area contributed by atoms with Crippen LogP contribution in [-0.4, -0.2) is 0 Å². The molecule has 168 valence electrons. The Balaban J connectivity index is 1.87. The van der Waals surface area contributed by atoms with E-state index in [0.29, 0.717) is 11.8 Å². The second kappa shape index (κ2) is 10.9. The highest BCUT2D eigenvalue weighted by atomic mass is 15.1. The molecule has 0 saturated carbocycles. The van der Waals surface area contributed by atoms with Gasteiger partial charge in [0.15, 0.2) is 0 Å². The molecule has 2 heteroatoms. The lowest BCUT2D eigenvalue weighted by atomic mass is 9.94. The minimum Gasteiger partial charge on any atom is -0.400 e. The van der Waals surface area contributed by atoms with Crippen LogP contribution in [0, 0.1) is 11.8 Å². The third kappa shape index (κ3) is 5.64. The summed E-state index contributed by atoms with van der Waals surface area (Å²) in [6.45, 7) is 5.30. The Hall–Kier alpha value is -3.52. The highest BCUT2D eigenvalue weighted by Crippen LogP contribution is 2.33. The van der Waals surface area contributed by atoms with Gasteiger partial charge in [0.25, 0.3) is 0 Å². The number of para-hydroxylation sites is 1. The fraction of sp³-hybridized carbons (Fsp3) is 0.226. The molecule has 0 saturated heterocycles. The molecule has 33 heavy (non-hydrogen) atoms. The third-order valence-corrected chi connectivity index (χ3v) is 6.26. The van der Waals surface area contributed by atoms with E-state index in [2.05, 4.69) is 128 Å². The largest absolute Gasteiger partial charge is 0.400 e. The van der Waals surface area contributed by atoms with Crippen molar-refractivity contribution in [2.24, 2.45) is 17.6 Å². The molecule has 3 aromatic rings. The zero-order chi connectivity index (χ0) is 23.0. The molecule has 1 aliphatic rings. The van der Waals surface area contributed by atoms with Crippen LogP contribution in [0.5, 0.6) is 0 Å². The van der Waals surface area contributed by atoms with Crippen LogP contribution < -0.4 is 10.6 Å². The third-order valence-electron chi connectivity index (χ3n) is 6.26. The van der Waals surface area contributed by atoms with Gasteiger partial charge in [-0.25, -0.2) is 0 Å². The molecule has 0 spiro atoms. The lowest BCUT2D eigenvalue weighted by Gasteiger charge is -2.31. The van der Waals surface area contributed by atoms with Crippen LogP contribution in [0.4, 0.5) is 5.69 Å². The van der Waals surface area contributed by atoms with Crippen molar-refractivity contribution >= 4 is 11.4 Å². The molecule has 2 N–H and O–H groups in total. The van der Waals surface area contributed by atoms with Gasteiger partial charge in [-0.3, -0.25) is 0 Å². The van der Waals surface area contributed by atoms with Crippen molar-refractivity contribution in [1.82, 2.24) is 0 Å². The summed E-state index contributed by atoms with van der Waals surface area (Å²) in [4.78, 5) is 2.37. The molecule has 0 heterocycles. The summed E-state index contributed by atoms with van der Waals surface area (Å²) in [6, 6.07) is 29.9. The highest BCUT2D eigenvalue weighted by molar-refractivity contribution is 5.82. The van der Waals surface area contributed by atoms with Gasteiger partial charge in [0.1, 0.15) is 0 Å². The number of fused-ring (bicyclic) bond motifs is 1. The number of rotatable bonds is 5. The molecule has 2 nitrogen and oxygen atoms in total. The van der Waals surface area contributed by atoms with Gasteiger partial charge in [-0.1, -0.05) is 111 Å². The van der Waals surface area contributed by atoms with E-state index < -0.39 is 0 Å².